The molecule has 1 aliphatic rings. The number of amides is 1. The van der Waals surface area contributed by atoms with E-state index in [1.54, 1.807) is 6.92 Å². The third-order valence-electron chi connectivity index (χ3n) is 5.32. The lowest BCUT2D eigenvalue weighted by Gasteiger charge is -2.32. The summed E-state index contributed by atoms with van der Waals surface area (Å²) in [5.41, 5.74) is 3.75. The molecule has 3 rings (SSSR count). The molecule has 1 heterocycles. The van der Waals surface area contributed by atoms with E-state index < -0.39 is 0 Å². The summed E-state index contributed by atoms with van der Waals surface area (Å²) in [6.45, 7) is 4.84. The third kappa shape index (κ3) is 5.04. The van der Waals surface area contributed by atoms with Crippen LogP contribution in [0.4, 0.5) is 0 Å². The lowest BCUT2D eigenvalue weighted by molar-refractivity contribution is -0.134. The van der Waals surface area contributed by atoms with Gasteiger partial charge in [0.15, 0.2) is 0 Å². The Morgan fingerprint density at radius 2 is 1.70 bits per heavy atom. The number of carbonyl (C=O) groups excluding carboxylic acids is 2. The monoisotopic (exact) mass is 364 g/mol. The van der Waals surface area contributed by atoms with Crippen LogP contribution < -0.4 is 5.32 Å². The van der Waals surface area contributed by atoms with E-state index in [2.05, 4.69) is 29.6 Å². The van der Waals surface area contributed by atoms with Crippen molar-refractivity contribution in [3.63, 3.8) is 0 Å². The summed E-state index contributed by atoms with van der Waals surface area (Å²) in [6.07, 6.45) is 2.40. The fourth-order valence-electron chi connectivity index (χ4n) is 3.69. The molecule has 27 heavy (non-hydrogen) atoms. The van der Waals surface area contributed by atoms with Gasteiger partial charge in [-0.15, -0.1) is 0 Å². The number of aryl methyl sites for hydroxylation is 1. The molecular formula is C23H28N2O2. The van der Waals surface area contributed by atoms with Crippen LogP contribution in [-0.2, 0) is 29.0 Å². The standard InChI is InChI=1S/C23H28N2O2/c1-17(23(27)25-15-14-20-10-6-7-11-21(20)16-25)24-22(18(2)26)13-12-19-8-4-3-5-9-19/h3-11,17,22,24H,12-16H2,1-2H3/t17-,22-/m0/s1. The smallest absolute Gasteiger partial charge is 0.239 e. The van der Waals surface area contributed by atoms with Crippen molar-refractivity contribution in [2.24, 2.45) is 0 Å². The van der Waals surface area contributed by atoms with Gasteiger partial charge in [-0.1, -0.05) is 54.6 Å². The van der Waals surface area contributed by atoms with Gasteiger partial charge in [-0.3, -0.25) is 14.9 Å². The Balaban J connectivity index is 1.57. The number of hydrogen-bond donors (Lipinski definition) is 1. The summed E-state index contributed by atoms with van der Waals surface area (Å²) in [4.78, 5) is 26.9. The van der Waals surface area contributed by atoms with Crippen LogP contribution in [0.5, 0.6) is 0 Å². The number of nitrogens with zero attached hydrogens (tertiary/aromatic N) is 1. The maximum Gasteiger partial charge on any atom is 0.239 e. The molecule has 0 aliphatic carbocycles. The fourth-order valence-corrected chi connectivity index (χ4v) is 3.69. The Labute approximate surface area is 161 Å². The normalized spacial score (nSPS) is 15.7. The van der Waals surface area contributed by atoms with Crippen molar-refractivity contribution in [3.8, 4) is 0 Å². The van der Waals surface area contributed by atoms with Gasteiger partial charge in [0.2, 0.25) is 5.91 Å². The van der Waals surface area contributed by atoms with Crippen molar-refractivity contribution < 1.29 is 9.59 Å². The average Bonchev–Trinajstić information content (AvgIpc) is 2.70. The molecule has 0 bridgehead atoms. The van der Waals surface area contributed by atoms with Crippen LogP contribution >= 0.6 is 0 Å². The molecule has 0 fully saturated rings. The molecule has 4 heteroatoms. The predicted octanol–water partition coefficient (Wildman–Crippen LogP) is 3.14. The van der Waals surface area contributed by atoms with Crippen molar-refractivity contribution in [2.75, 3.05) is 6.54 Å². The zero-order chi connectivity index (χ0) is 19.2. The van der Waals surface area contributed by atoms with Crippen molar-refractivity contribution in [1.82, 2.24) is 10.2 Å². The molecule has 142 valence electrons. The van der Waals surface area contributed by atoms with E-state index in [9.17, 15) is 9.59 Å². The first kappa shape index (κ1) is 19.3. The number of nitrogens with one attached hydrogen (secondary N) is 1. The number of Topliss-reactive ketones (excluding diaryl/α,β-unsaturated/α-hetero) is 1. The SMILES string of the molecule is CC(=O)[C@H](CCc1ccccc1)N[C@@H](C)C(=O)N1CCc2ccccc2C1. The molecule has 0 spiro atoms. The summed E-state index contributed by atoms with van der Waals surface area (Å²) >= 11 is 0. The van der Waals surface area contributed by atoms with Crippen LogP contribution in [0, 0.1) is 0 Å². The van der Waals surface area contributed by atoms with Gasteiger partial charge in [0.1, 0.15) is 5.78 Å². The first-order valence-electron chi connectivity index (χ1n) is 9.70. The molecule has 0 radical (unpaired) electrons. The van der Waals surface area contributed by atoms with E-state index in [4.69, 9.17) is 0 Å². The molecule has 0 aromatic heterocycles. The summed E-state index contributed by atoms with van der Waals surface area (Å²) < 4.78 is 0. The molecule has 0 saturated heterocycles. The van der Waals surface area contributed by atoms with Crippen LogP contribution in [0.3, 0.4) is 0 Å². The summed E-state index contributed by atoms with van der Waals surface area (Å²) in [7, 11) is 0. The topological polar surface area (TPSA) is 49.4 Å². The average molecular weight is 364 g/mol. The minimum absolute atomic E-state index is 0.0652. The van der Waals surface area contributed by atoms with Crippen LogP contribution in [0.25, 0.3) is 0 Å². The maximum atomic E-state index is 12.9. The molecular weight excluding hydrogens is 336 g/mol. The second kappa shape index (κ2) is 8.96. The highest BCUT2D eigenvalue weighted by Crippen LogP contribution is 2.19. The number of rotatable bonds is 7. The molecule has 0 unspecified atom stereocenters. The van der Waals surface area contributed by atoms with Gasteiger partial charge in [-0.05, 0) is 49.8 Å². The first-order valence-corrected chi connectivity index (χ1v) is 9.70. The molecule has 0 saturated carbocycles. The van der Waals surface area contributed by atoms with Gasteiger partial charge in [0, 0.05) is 13.1 Å². The molecule has 1 amide bonds. The minimum atomic E-state index is -0.375. The molecule has 2 aromatic rings. The van der Waals surface area contributed by atoms with E-state index in [-0.39, 0.29) is 23.8 Å². The van der Waals surface area contributed by atoms with Gasteiger partial charge in [-0.2, -0.15) is 0 Å². The fraction of sp³-hybridized carbons (Fsp3) is 0.391. The highest BCUT2D eigenvalue weighted by atomic mass is 16.2. The van der Waals surface area contributed by atoms with Crippen molar-refractivity contribution >= 4 is 11.7 Å². The number of ketones is 1. The van der Waals surface area contributed by atoms with E-state index >= 15 is 0 Å². The number of benzene rings is 2. The Hall–Kier alpha value is -2.46. The summed E-state index contributed by atoms with van der Waals surface area (Å²) in [5.74, 6) is 0.144. The van der Waals surface area contributed by atoms with Crippen molar-refractivity contribution in [1.29, 1.82) is 0 Å². The second-order valence-electron chi connectivity index (χ2n) is 7.35. The van der Waals surface area contributed by atoms with E-state index in [1.807, 2.05) is 42.2 Å². The van der Waals surface area contributed by atoms with Crippen LogP contribution in [0.1, 0.15) is 37.0 Å². The first-order chi connectivity index (χ1) is 13.0. The van der Waals surface area contributed by atoms with E-state index in [0.717, 1.165) is 19.4 Å². The Kier molecular flexibility index (Phi) is 6.40. The lowest BCUT2D eigenvalue weighted by atomic mass is 9.99. The van der Waals surface area contributed by atoms with E-state index in [1.165, 1.54) is 16.7 Å². The zero-order valence-corrected chi connectivity index (χ0v) is 16.2. The lowest BCUT2D eigenvalue weighted by Crippen LogP contribution is -2.51. The molecule has 1 N–H and O–H groups in total. The molecule has 4 nitrogen and oxygen atoms in total. The van der Waals surface area contributed by atoms with Gasteiger partial charge < -0.3 is 4.90 Å². The number of hydrogen-bond acceptors (Lipinski definition) is 3. The molecule has 2 aromatic carbocycles. The van der Waals surface area contributed by atoms with Crippen molar-refractivity contribution in [3.05, 3.63) is 71.3 Å². The molecule has 2 atom stereocenters. The number of carbonyl (C=O) groups is 2. The minimum Gasteiger partial charge on any atom is -0.337 e. The zero-order valence-electron chi connectivity index (χ0n) is 16.2. The van der Waals surface area contributed by atoms with Crippen molar-refractivity contribution in [2.45, 2.75) is 51.7 Å². The van der Waals surface area contributed by atoms with E-state index in [0.29, 0.717) is 13.0 Å². The van der Waals surface area contributed by atoms with Crippen LogP contribution in [-0.4, -0.2) is 35.2 Å². The summed E-state index contributed by atoms with van der Waals surface area (Å²) in [5, 5.41) is 3.27. The third-order valence-corrected chi connectivity index (χ3v) is 5.32. The quantitative estimate of drug-likeness (QED) is 0.821. The number of fused-ring (bicyclic) bond motifs is 1. The highest BCUT2D eigenvalue weighted by Gasteiger charge is 2.27. The van der Waals surface area contributed by atoms with Gasteiger partial charge >= 0.3 is 0 Å². The molecule has 1 aliphatic heterocycles. The summed E-state index contributed by atoms with van der Waals surface area (Å²) in [6, 6.07) is 17.7. The largest absolute Gasteiger partial charge is 0.337 e. The Morgan fingerprint density at radius 3 is 2.41 bits per heavy atom. The predicted molar refractivity (Wildman–Crippen MR) is 107 cm³/mol. The van der Waals surface area contributed by atoms with Crippen LogP contribution in [0.2, 0.25) is 0 Å². The maximum absolute atomic E-state index is 12.9. The van der Waals surface area contributed by atoms with Crippen LogP contribution in [0.15, 0.2) is 54.6 Å². The highest BCUT2D eigenvalue weighted by molar-refractivity contribution is 5.85. The Morgan fingerprint density at radius 1 is 1.04 bits per heavy atom. The Bertz CT molecular complexity index is 788. The second-order valence-corrected chi connectivity index (χ2v) is 7.35. The van der Waals surface area contributed by atoms with Gasteiger partial charge in [-0.25, -0.2) is 0 Å². The van der Waals surface area contributed by atoms with Gasteiger partial charge in [0.05, 0.1) is 12.1 Å². The van der Waals surface area contributed by atoms with Gasteiger partial charge in [0.25, 0.3) is 0 Å².